The molecule has 1 N–H and O–H groups in total. The number of benzene rings is 2. The summed E-state index contributed by atoms with van der Waals surface area (Å²) in [5, 5.41) is 11.3. The van der Waals surface area contributed by atoms with Crippen LogP contribution in [-0.2, 0) is 9.59 Å². The highest BCUT2D eigenvalue weighted by Crippen LogP contribution is 2.41. The molecule has 1 atom stereocenters. The predicted molar refractivity (Wildman–Crippen MR) is 105 cm³/mol. The monoisotopic (exact) mass is 384 g/mol. The Morgan fingerprint density at radius 2 is 1.70 bits per heavy atom. The van der Waals surface area contributed by atoms with Gasteiger partial charge in [-0.2, -0.15) is 0 Å². The van der Waals surface area contributed by atoms with Gasteiger partial charge in [0.25, 0.3) is 11.7 Å². The Kier molecular flexibility index (Phi) is 5.63. The third kappa shape index (κ3) is 3.75. The van der Waals surface area contributed by atoms with Gasteiger partial charge in [-0.1, -0.05) is 60.1 Å². The number of ketones is 1. The lowest BCUT2D eigenvalue weighted by atomic mass is 9.95. The summed E-state index contributed by atoms with van der Waals surface area (Å²) in [4.78, 5) is 28.9. The second-order valence-electron chi connectivity index (χ2n) is 6.68. The highest BCUT2D eigenvalue weighted by atomic mass is 35.5. The van der Waals surface area contributed by atoms with Crippen molar-refractivity contribution in [3.63, 3.8) is 0 Å². The summed E-state index contributed by atoms with van der Waals surface area (Å²) in [6.45, 7) is 0.929. The smallest absolute Gasteiger partial charge is 0.295 e. The number of aliphatic hydroxyl groups excluding tert-OH is 1. The number of amides is 1. The van der Waals surface area contributed by atoms with Crippen LogP contribution in [0.5, 0.6) is 0 Å². The zero-order valence-electron chi connectivity index (χ0n) is 15.2. The number of likely N-dealkylation sites (tertiary alicyclic amines) is 1. The maximum atomic E-state index is 12.8. The van der Waals surface area contributed by atoms with Crippen LogP contribution in [0.4, 0.5) is 0 Å². The molecule has 1 fully saturated rings. The van der Waals surface area contributed by atoms with Crippen LogP contribution in [0.1, 0.15) is 17.2 Å². The Bertz CT molecular complexity index is 893. The maximum Gasteiger partial charge on any atom is 0.295 e. The van der Waals surface area contributed by atoms with Gasteiger partial charge in [-0.05, 0) is 25.7 Å². The van der Waals surface area contributed by atoms with Gasteiger partial charge in [-0.3, -0.25) is 9.59 Å². The Morgan fingerprint density at radius 1 is 1.07 bits per heavy atom. The molecule has 0 aliphatic carbocycles. The lowest BCUT2D eigenvalue weighted by Gasteiger charge is -2.27. The van der Waals surface area contributed by atoms with Crippen molar-refractivity contribution in [2.24, 2.45) is 0 Å². The number of hydrogen-bond donors (Lipinski definition) is 1. The van der Waals surface area contributed by atoms with E-state index in [4.69, 9.17) is 11.6 Å². The van der Waals surface area contributed by atoms with Crippen molar-refractivity contribution in [3.8, 4) is 0 Å². The summed E-state index contributed by atoms with van der Waals surface area (Å²) >= 11 is 6.38. The van der Waals surface area contributed by atoms with Gasteiger partial charge in [0, 0.05) is 23.7 Å². The normalized spacial score (nSPS) is 19.1. The zero-order valence-corrected chi connectivity index (χ0v) is 16.0. The molecule has 1 heterocycles. The number of carbonyl (C=O) groups excluding carboxylic acids is 2. The standard InChI is InChI=1S/C21H21ClN2O3/c1-23(2)12-13-24-18(15-10-6-7-11-16(15)22)17(20(26)21(24)27)19(25)14-8-4-3-5-9-14/h3-11,18,25H,12-13H2,1-2H3/b19-17-. The lowest BCUT2D eigenvalue weighted by molar-refractivity contribution is -0.140. The molecule has 2 aromatic rings. The second kappa shape index (κ2) is 7.94. The van der Waals surface area contributed by atoms with Gasteiger partial charge >= 0.3 is 0 Å². The van der Waals surface area contributed by atoms with E-state index in [2.05, 4.69) is 0 Å². The molecule has 140 valence electrons. The first-order chi connectivity index (χ1) is 12.9. The molecule has 1 saturated heterocycles. The minimum absolute atomic E-state index is 0.0676. The van der Waals surface area contributed by atoms with Crippen LogP contribution in [0.15, 0.2) is 60.2 Å². The van der Waals surface area contributed by atoms with Crippen LogP contribution in [-0.4, -0.2) is 53.8 Å². The molecule has 6 heteroatoms. The molecule has 1 aliphatic rings. The number of Topliss-reactive ketones (excluding diaryl/α,β-unsaturated/α-hetero) is 1. The topological polar surface area (TPSA) is 60.9 Å². The van der Waals surface area contributed by atoms with Crippen LogP contribution in [0, 0.1) is 0 Å². The summed E-state index contributed by atoms with van der Waals surface area (Å²) in [6, 6.07) is 15.1. The molecule has 27 heavy (non-hydrogen) atoms. The summed E-state index contributed by atoms with van der Waals surface area (Å²) in [5.74, 6) is -1.51. The molecule has 5 nitrogen and oxygen atoms in total. The van der Waals surface area contributed by atoms with E-state index < -0.39 is 17.7 Å². The van der Waals surface area contributed by atoms with Gasteiger partial charge in [-0.15, -0.1) is 0 Å². The van der Waals surface area contributed by atoms with Gasteiger partial charge < -0.3 is 14.9 Å². The SMILES string of the molecule is CN(C)CCN1C(=O)C(=O)/C(=C(\O)c2ccccc2)C1c1ccccc1Cl. The van der Waals surface area contributed by atoms with E-state index in [9.17, 15) is 14.7 Å². The largest absolute Gasteiger partial charge is 0.507 e. The van der Waals surface area contributed by atoms with E-state index >= 15 is 0 Å². The average molecular weight is 385 g/mol. The molecule has 1 unspecified atom stereocenters. The van der Waals surface area contributed by atoms with Gasteiger partial charge in [0.2, 0.25) is 0 Å². The first-order valence-corrected chi connectivity index (χ1v) is 9.02. The fourth-order valence-electron chi connectivity index (χ4n) is 3.19. The molecular weight excluding hydrogens is 364 g/mol. The molecule has 0 saturated carbocycles. The van der Waals surface area contributed by atoms with Crippen molar-refractivity contribution < 1.29 is 14.7 Å². The molecular formula is C21H21ClN2O3. The number of likely N-dealkylation sites (N-methyl/N-ethyl adjacent to an activating group) is 1. The van der Waals surface area contributed by atoms with Crippen molar-refractivity contribution in [1.29, 1.82) is 0 Å². The van der Waals surface area contributed by atoms with E-state index in [0.29, 0.717) is 29.2 Å². The van der Waals surface area contributed by atoms with Gasteiger partial charge in [-0.25, -0.2) is 0 Å². The number of rotatable bonds is 5. The number of aliphatic hydroxyl groups is 1. The summed E-state index contributed by atoms with van der Waals surface area (Å²) in [6.07, 6.45) is 0. The van der Waals surface area contributed by atoms with Crippen molar-refractivity contribution in [1.82, 2.24) is 9.80 Å². The third-order valence-corrected chi connectivity index (χ3v) is 4.92. The number of halogens is 1. The van der Waals surface area contributed by atoms with E-state index in [1.165, 1.54) is 4.90 Å². The van der Waals surface area contributed by atoms with Crippen molar-refractivity contribution in [3.05, 3.63) is 76.3 Å². The van der Waals surface area contributed by atoms with Crippen LogP contribution in [0.25, 0.3) is 5.76 Å². The van der Waals surface area contributed by atoms with Gasteiger partial charge in [0.1, 0.15) is 5.76 Å². The van der Waals surface area contributed by atoms with Gasteiger partial charge in [0.15, 0.2) is 0 Å². The van der Waals surface area contributed by atoms with Crippen molar-refractivity contribution in [2.75, 3.05) is 27.2 Å². The second-order valence-corrected chi connectivity index (χ2v) is 7.09. The minimum Gasteiger partial charge on any atom is -0.507 e. The number of carbonyl (C=O) groups is 2. The summed E-state index contributed by atoms with van der Waals surface area (Å²) < 4.78 is 0. The molecule has 2 aromatic carbocycles. The minimum atomic E-state index is -0.723. The Balaban J connectivity index is 2.17. The first kappa shape index (κ1) is 19.1. The predicted octanol–water partition coefficient (Wildman–Crippen LogP) is 3.32. The maximum absolute atomic E-state index is 12.8. The molecule has 1 aliphatic heterocycles. The molecule has 3 rings (SSSR count). The van der Waals surface area contributed by atoms with Crippen LogP contribution in [0.3, 0.4) is 0 Å². The Hall–Kier alpha value is -2.63. The number of hydrogen-bond acceptors (Lipinski definition) is 4. The molecule has 1 amide bonds. The Labute approximate surface area is 163 Å². The quantitative estimate of drug-likeness (QED) is 0.488. The van der Waals surface area contributed by atoms with E-state index in [-0.39, 0.29) is 11.3 Å². The molecule has 0 aromatic heterocycles. The van der Waals surface area contributed by atoms with E-state index in [0.717, 1.165) is 0 Å². The first-order valence-electron chi connectivity index (χ1n) is 8.64. The average Bonchev–Trinajstić information content (AvgIpc) is 2.91. The van der Waals surface area contributed by atoms with Gasteiger partial charge in [0.05, 0.1) is 11.6 Å². The van der Waals surface area contributed by atoms with Crippen molar-refractivity contribution in [2.45, 2.75) is 6.04 Å². The highest BCUT2D eigenvalue weighted by molar-refractivity contribution is 6.47. The van der Waals surface area contributed by atoms with Crippen LogP contribution in [0.2, 0.25) is 5.02 Å². The molecule has 0 bridgehead atoms. The molecule has 0 spiro atoms. The van der Waals surface area contributed by atoms with Crippen LogP contribution < -0.4 is 0 Å². The van der Waals surface area contributed by atoms with Crippen LogP contribution >= 0.6 is 11.6 Å². The summed E-state index contributed by atoms with van der Waals surface area (Å²) in [7, 11) is 3.79. The zero-order chi connectivity index (χ0) is 19.6. The lowest BCUT2D eigenvalue weighted by Crippen LogP contribution is -2.35. The highest BCUT2D eigenvalue weighted by Gasteiger charge is 2.46. The van der Waals surface area contributed by atoms with Crippen molar-refractivity contribution >= 4 is 29.1 Å². The van der Waals surface area contributed by atoms with E-state index in [1.807, 2.05) is 25.1 Å². The fourth-order valence-corrected chi connectivity index (χ4v) is 3.43. The Morgan fingerprint density at radius 3 is 2.33 bits per heavy atom. The molecule has 0 radical (unpaired) electrons. The summed E-state index contributed by atoms with van der Waals surface area (Å²) in [5.41, 5.74) is 1.17. The fraction of sp³-hybridized carbons (Fsp3) is 0.238. The van der Waals surface area contributed by atoms with E-state index in [1.54, 1.807) is 48.5 Å². The third-order valence-electron chi connectivity index (χ3n) is 4.58. The number of nitrogens with zero attached hydrogens (tertiary/aromatic N) is 2.